The van der Waals surface area contributed by atoms with E-state index in [1.165, 1.54) is 6.07 Å². The largest absolute Gasteiger partial charge is 0.378 e. The predicted molar refractivity (Wildman–Crippen MR) is 77.9 cm³/mol. The molecule has 0 aliphatic rings. The Morgan fingerprint density at radius 3 is 2.60 bits per heavy atom. The maximum Gasteiger partial charge on any atom is 0.314 e. The maximum absolute atomic E-state index is 11.3. The molecule has 7 heteroatoms. The molecule has 1 aromatic rings. The van der Waals surface area contributed by atoms with Gasteiger partial charge in [0.2, 0.25) is 0 Å². The highest BCUT2D eigenvalue weighted by Gasteiger charge is 2.11. The number of hydrogen-bond donors (Lipinski definition) is 3. The molecule has 0 aliphatic heterocycles. The number of nitrogens with one attached hydrogen (secondary N) is 3. The highest BCUT2D eigenvalue weighted by atomic mass is 16.6. The van der Waals surface area contributed by atoms with E-state index in [-0.39, 0.29) is 11.7 Å². The van der Waals surface area contributed by atoms with Crippen molar-refractivity contribution in [3.8, 4) is 0 Å². The minimum absolute atomic E-state index is 0.0277. The summed E-state index contributed by atoms with van der Waals surface area (Å²) in [5.41, 5.74) is 0.477. The van der Waals surface area contributed by atoms with Gasteiger partial charge in [-0.3, -0.25) is 10.1 Å². The number of rotatable bonds is 8. The minimum Gasteiger partial charge on any atom is -0.378 e. The lowest BCUT2D eigenvalue weighted by Gasteiger charge is -2.09. The first-order valence-corrected chi connectivity index (χ1v) is 6.64. The number of nitro benzene ring substituents is 1. The van der Waals surface area contributed by atoms with Gasteiger partial charge in [0.25, 0.3) is 5.69 Å². The Morgan fingerprint density at radius 2 is 1.90 bits per heavy atom. The van der Waals surface area contributed by atoms with Crippen LogP contribution in [0.3, 0.4) is 0 Å². The van der Waals surface area contributed by atoms with Crippen molar-refractivity contribution in [2.75, 3.05) is 25.0 Å². The second-order valence-corrected chi connectivity index (χ2v) is 4.24. The van der Waals surface area contributed by atoms with Gasteiger partial charge in [0.15, 0.2) is 0 Å². The topological polar surface area (TPSA) is 96.3 Å². The first-order chi connectivity index (χ1) is 9.65. The molecule has 0 unspecified atom stereocenters. The van der Waals surface area contributed by atoms with E-state index < -0.39 is 4.92 Å². The number of nitrogens with zero attached hydrogens (tertiary/aromatic N) is 1. The molecule has 110 valence electrons. The lowest BCUT2D eigenvalue weighted by atomic mass is 10.2. The molecule has 0 saturated carbocycles. The van der Waals surface area contributed by atoms with Crippen molar-refractivity contribution in [2.45, 2.75) is 19.8 Å². The van der Waals surface area contributed by atoms with Crippen LogP contribution in [-0.4, -0.2) is 30.6 Å². The van der Waals surface area contributed by atoms with Crippen LogP contribution in [0.25, 0.3) is 0 Å². The average molecular weight is 280 g/mol. The lowest BCUT2D eigenvalue weighted by molar-refractivity contribution is -0.384. The van der Waals surface area contributed by atoms with Crippen LogP contribution < -0.4 is 16.0 Å². The molecule has 0 fully saturated rings. The Bertz CT molecular complexity index is 451. The number of hydrogen-bond acceptors (Lipinski definition) is 4. The summed E-state index contributed by atoms with van der Waals surface area (Å²) in [5.74, 6) is 0. The Hall–Kier alpha value is -2.31. The summed E-state index contributed by atoms with van der Waals surface area (Å²) in [6, 6.07) is 6.19. The van der Waals surface area contributed by atoms with Crippen LogP contribution in [0, 0.1) is 10.1 Å². The SMILES string of the molecule is CCCCNC(=O)NCCNc1ccccc1[N+](=O)[O-]. The minimum atomic E-state index is -0.437. The summed E-state index contributed by atoms with van der Waals surface area (Å²) in [5, 5.41) is 19.1. The molecule has 0 radical (unpaired) electrons. The van der Waals surface area contributed by atoms with E-state index in [2.05, 4.69) is 22.9 Å². The summed E-state index contributed by atoms with van der Waals surface area (Å²) in [6.45, 7) is 3.52. The Kier molecular flexibility index (Phi) is 6.88. The van der Waals surface area contributed by atoms with Gasteiger partial charge in [-0.1, -0.05) is 25.5 Å². The molecule has 20 heavy (non-hydrogen) atoms. The van der Waals surface area contributed by atoms with E-state index in [1.807, 2.05) is 0 Å². The van der Waals surface area contributed by atoms with Crippen LogP contribution in [0.4, 0.5) is 16.2 Å². The van der Waals surface area contributed by atoms with Gasteiger partial charge in [-0.05, 0) is 12.5 Å². The molecule has 0 saturated heterocycles. The Labute approximate surface area is 117 Å². The van der Waals surface area contributed by atoms with Crippen molar-refractivity contribution in [1.82, 2.24) is 10.6 Å². The van der Waals surface area contributed by atoms with Gasteiger partial charge in [-0.25, -0.2) is 4.79 Å². The molecule has 1 aromatic carbocycles. The Balaban J connectivity index is 2.28. The monoisotopic (exact) mass is 280 g/mol. The summed E-state index contributed by atoms with van der Waals surface area (Å²) in [4.78, 5) is 21.7. The first-order valence-electron chi connectivity index (χ1n) is 6.64. The molecule has 0 heterocycles. The smallest absolute Gasteiger partial charge is 0.314 e. The molecule has 7 nitrogen and oxygen atoms in total. The number of nitro groups is 1. The normalized spacial score (nSPS) is 9.85. The van der Waals surface area contributed by atoms with Gasteiger partial charge in [0.05, 0.1) is 4.92 Å². The second kappa shape index (κ2) is 8.73. The van der Waals surface area contributed by atoms with Crippen LogP contribution in [-0.2, 0) is 0 Å². The van der Waals surface area contributed by atoms with Crippen molar-refractivity contribution in [3.63, 3.8) is 0 Å². The van der Waals surface area contributed by atoms with Gasteiger partial charge in [0.1, 0.15) is 5.69 Å². The van der Waals surface area contributed by atoms with Gasteiger partial charge >= 0.3 is 6.03 Å². The number of anilines is 1. The fraction of sp³-hybridized carbons (Fsp3) is 0.462. The number of urea groups is 1. The van der Waals surface area contributed by atoms with Gasteiger partial charge in [-0.2, -0.15) is 0 Å². The molecule has 2 amide bonds. The van der Waals surface area contributed by atoms with Crippen LogP contribution in [0.2, 0.25) is 0 Å². The van der Waals surface area contributed by atoms with Crippen molar-refractivity contribution in [1.29, 1.82) is 0 Å². The highest BCUT2D eigenvalue weighted by Crippen LogP contribution is 2.22. The number of unbranched alkanes of at least 4 members (excludes halogenated alkanes) is 1. The van der Waals surface area contributed by atoms with Crippen molar-refractivity contribution in [2.24, 2.45) is 0 Å². The van der Waals surface area contributed by atoms with Gasteiger partial charge in [0, 0.05) is 25.7 Å². The average Bonchev–Trinajstić information content (AvgIpc) is 2.44. The number of amides is 2. The number of carbonyl (C=O) groups is 1. The third-order valence-corrected chi connectivity index (χ3v) is 2.64. The molecule has 3 N–H and O–H groups in total. The maximum atomic E-state index is 11.3. The number of para-hydroxylation sites is 2. The molecule has 0 spiro atoms. The molecule has 0 bridgehead atoms. The van der Waals surface area contributed by atoms with Gasteiger partial charge < -0.3 is 16.0 Å². The van der Waals surface area contributed by atoms with Crippen molar-refractivity contribution in [3.05, 3.63) is 34.4 Å². The lowest BCUT2D eigenvalue weighted by Crippen LogP contribution is -2.38. The first kappa shape index (κ1) is 15.7. The molecule has 1 rings (SSSR count). The molecule has 0 aliphatic carbocycles. The molecule has 0 atom stereocenters. The Morgan fingerprint density at radius 1 is 1.20 bits per heavy atom. The quantitative estimate of drug-likeness (QED) is 0.386. The zero-order valence-corrected chi connectivity index (χ0v) is 11.5. The van der Waals surface area contributed by atoms with Crippen LogP contribution in [0.5, 0.6) is 0 Å². The van der Waals surface area contributed by atoms with Crippen molar-refractivity contribution >= 4 is 17.4 Å². The summed E-state index contributed by atoms with van der Waals surface area (Å²) in [7, 11) is 0. The number of benzene rings is 1. The standard InChI is InChI=1S/C13H20N4O3/c1-2-3-8-15-13(18)16-10-9-14-11-6-4-5-7-12(11)17(19)20/h4-7,14H,2-3,8-10H2,1H3,(H2,15,16,18). The summed E-state index contributed by atoms with van der Waals surface area (Å²) < 4.78 is 0. The van der Waals surface area contributed by atoms with E-state index in [0.29, 0.717) is 25.3 Å². The van der Waals surface area contributed by atoms with Crippen LogP contribution >= 0.6 is 0 Å². The predicted octanol–water partition coefficient (Wildman–Crippen LogP) is 2.11. The van der Waals surface area contributed by atoms with E-state index in [1.54, 1.807) is 18.2 Å². The van der Waals surface area contributed by atoms with E-state index >= 15 is 0 Å². The fourth-order valence-electron chi connectivity index (χ4n) is 1.60. The second-order valence-electron chi connectivity index (χ2n) is 4.24. The zero-order valence-electron chi connectivity index (χ0n) is 11.5. The highest BCUT2D eigenvalue weighted by molar-refractivity contribution is 5.73. The van der Waals surface area contributed by atoms with Crippen LogP contribution in [0.1, 0.15) is 19.8 Å². The van der Waals surface area contributed by atoms with Crippen LogP contribution in [0.15, 0.2) is 24.3 Å². The van der Waals surface area contributed by atoms with E-state index in [4.69, 9.17) is 0 Å². The third-order valence-electron chi connectivity index (χ3n) is 2.64. The zero-order chi connectivity index (χ0) is 14.8. The molecular formula is C13H20N4O3. The van der Waals surface area contributed by atoms with Crippen molar-refractivity contribution < 1.29 is 9.72 Å². The fourth-order valence-corrected chi connectivity index (χ4v) is 1.60. The molecule has 0 aromatic heterocycles. The summed E-state index contributed by atoms with van der Waals surface area (Å²) in [6.07, 6.45) is 1.97. The molecular weight excluding hydrogens is 260 g/mol. The van der Waals surface area contributed by atoms with Gasteiger partial charge in [-0.15, -0.1) is 0 Å². The number of carbonyl (C=O) groups excluding carboxylic acids is 1. The van der Waals surface area contributed by atoms with E-state index in [9.17, 15) is 14.9 Å². The summed E-state index contributed by atoms with van der Waals surface area (Å²) >= 11 is 0. The van der Waals surface area contributed by atoms with E-state index in [0.717, 1.165) is 12.8 Å². The third kappa shape index (κ3) is 5.55.